The Kier molecular flexibility index (Phi) is 4.35. The molecule has 0 saturated heterocycles. The zero-order valence-corrected chi connectivity index (χ0v) is 19.6. The van der Waals surface area contributed by atoms with Crippen LogP contribution in [0.2, 0.25) is 0 Å². The van der Waals surface area contributed by atoms with Crippen LogP contribution in [0.3, 0.4) is 0 Å². The van der Waals surface area contributed by atoms with Crippen LogP contribution < -0.4 is 11.5 Å². The lowest BCUT2D eigenvalue weighted by molar-refractivity contribution is -0.134. The van der Waals surface area contributed by atoms with Gasteiger partial charge in [0.1, 0.15) is 23.4 Å². The summed E-state index contributed by atoms with van der Waals surface area (Å²) in [6.45, 7) is 2.48. The molecule has 0 radical (unpaired) electrons. The molecule has 3 aliphatic rings. The SMILES string of the molecule is CC1C=CC=C2C=C(Cn3nc(-c4ccc5oc(N)nc5c4)c4c(N)ncnc43)N(C3CC3)C(=O)C21. The number of hydrogen-bond donors (Lipinski definition) is 2. The van der Waals surface area contributed by atoms with Gasteiger partial charge < -0.3 is 20.8 Å². The summed E-state index contributed by atoms with van der Waals surface area (Å²) in [5.74, 6) is 0.534. The molecule has 7 rings (SSSR count). The van der Waals surface area contributed by atoms with Crippen molar-refractivity contribution in [3.05, 3.63) is 60.1 Å². The number of benzene rings is 1. The largest absolute Gasteiger partial charge is 0.424 e. The van der Waals surface area contributed by atoms with Crippen molar-refractivity contribution in [3.8, 4) is 11.3 Å². The van der Waals surface area contributed by atoms with Crippen LogP contribution in [0.15, 0.2) is 64.5 Å². The summed E-state index contributed by atoms with van der Waals surface area (Å²) in [6, 6.07) is 5.90. The monoisotopic (exact) mass is 480 g/mol. The summed E-state index contributed by atoms with van der Waals surface area (Å²) < 4.78 is 7.22. The second kappa shape index (κ2) is 7.51. The molecule has 4 heterocycles. The minimum atomic E-state index is -0.135. The van der Waals surface area contributed by atoms with Crippen molar-refractivity contribution < 1.29 is 9.21 Å². The van der Waals surface area contributed by atoms with Crippen LogP contribution in [0.25, 0.3) is 33.4 Å². The van der Waals surface area contributed by atoms with E-state index in [4.69, 9.17) is 21.0 Å². The van der Waals surface area contributed by atoms with Crippen molar-refractivity contribution in [2.45, 2.75) is 32.4 Å². The van der Waals surface area contributed by atoms with E-state index in [-0.39, 0.29) is 29.8 Å². The van der Waals surface area contributed by atoms with E-state index in [9.17, 15) is 4.79 Å². The lowest BCUT2D eigenvalue weighted by atomic mass is 9.79. The van der Waals surface area contributed by atoms with Gasteiger partial charge >= 0.3 is 0 Å². The van der Waals surface area contributed by atoms with Crippen LogP contribution in [0.4, 0.5) is 11.8 Å². The lowest BCUT2D eigenvalue weighted by Crippen LogP contribution is -2.44. The molecule has 36 heavy (non-hydrogen) atoms. The maximum absolute atomic E-state index is 13.6. The molecular weight excluding hydrogens is 456 g/mol. The number of oxazole rings is 1. The Bertz CT molecular complexity index is 1660. The van der Waals surface area contributed by atoms with Gasteiger partial charge in [0.25, 0.3) is 6.01 Å². The standard InChI is InChI=1S/C26H24N8O2/c1-13-3-2-4-14-9-17(34(16-6-7-16)25(35)20(13)14)11-33-24-21(23(27)29-12-30-24)22(32-33)15-5-8-19-18(10-15)31-26(28)36-19/h2-5,8-10,12-13,16,20H,6-7,11H2,1H3,(H2,28,31)(H2,27,29,30). The van der Waals surface area contributed by atoms with Gasteiger partial charge in [0.15, 0.2) is 11.2 Å². The van der Waals surface area contributed by atoms with E-state index in [2.05, 4.69) is 34.0 Å². The van der Waals surface area contributed by atoms with E-state index in [0.717, 1.165) is 29.7 Å². The van der Waals surface area contributed by atoms with E-state index in [1.807, 2.05) is 33.9 Å². The number of fused-ring (bicyclic) bond motifs is 3. The fraction of sp³-hybridized carbons (Fsp3) is 0.269. The van der Waals surface area contributed by atoms with E-state index >= 15 is 0 Å². The molecule has 4 N–H and O–H groups in total. The van der Waals surface area contributed by atoms with Crippen molar-refractivity contribution in [1.29, 1.82) is 0 Å². The minimum absolute atomic E-state index is 0.105. The van der Waals surface area contributed by atoms with Crippen molar-refractivity contribution in [1.82, 2.24) is 29.6 Å². The second-order valence-electron chi connectivity index (χ2n) is 9.66. The molecule has 0 bridgehead atoms. The first-order valence-corrected chi connectivity index (χ1v) is 12.0. The molecule has 2 unspecified atom stereocenters. The number of hydrogen-bond acceptors (Lipinski definition) is 8. The van der Waals surface area contributed by atoms with Gasteiger partial charge in [-0.2, -0.15) is 10.1 Å². The molecule has 10 heteroatoms. The van der Waals surface area contributed by atoms with Crippen LogP contribution >= 0.6 is 0 Å². The first kappa shape index (κ1) is 20.9. The zero-order chi connectivity index (χ0) is 24.6. The summed E-state index contributed by atoms with van der Waals surface area (Å²) in [5, 5.41) is 5.57. The number of carbonyl (C=O) groups is 1. The average Bonchev–Trinajstić information content (AvgIpc) is 3.51. The molecule has 180 valence electrons. The first-order valence-electron chi connectivity index (χ1n) is 12.0. The van der Waals surface area contributed by atoms with Crippen molar-refractivity contribution in [2.24, 2.45) is 11.8 Å². The number of carbonyl (C=O) groups excluding carboxylic acids is 1. The molecule has 2 aliphatic carbocycles. The predicted molar refractivity (Wildman–Crippen MR) is 135 cm³/mol. The summed E-state index contributed by atoms with van der Waals surface area (Å²) in [4.78, 5) is 28.6. The number of anilines is 2. The van der Waals surface area contributed by atoms with Gasteiger partial charge in [-0.1, -0.05) is 25.2 Å². The smallest absolute Gasteiger partial charge is 0.292 e. The Morgan fingerprint density at radius 3 is 2.89 bits per heavy atom. The number of amides is 1. The van der Waals surface area contributed by atoms with Gasteiger partial charge in [-0.15, -0.1) is 0 Å². The fourth-order valence-electron chi connectivity index (χ4n) is 5.38. The number of nitrogens with two attached hydrogens (primary N) is 2. The molecule has 1 aliphatic heterocycles. The first-order chi connectivity index (χ1) is 17.5. The van der Waals surface area contributed by atoms with Crippen molar-refractivity contribution >= 4 is 39.9 Å². The van der Waals surface area contributed by atoms with Gasteiger partial charge in [-0.25, -0.2) is 14.6 Å². The number of aromatic nitrogens is 5. The highest BCUT2D eigenvalue weighted by molar-refractivity contribution is 5.99. The average molecular weight is 481 g/mol. The van der Waals surface area contributed by atoms with E-state index in [0.29, 0.717) is 40.2 Å². The summed E-state index contributed by atoms with van der Waals surface area (Å²) in [5.41, 5.74) is 17.3. The molecule has 1 fully saturated rings. The predicted octanol–water partition coefficient (Wildman–Crippen LogP) is 3.44. The third-order valence-corrected chi connectivity index (χ3v) is 7.19. The van der Waals surface area contributed by atoms with Crippen molar-refractivity contribution in [2.75, 3.05) is 11.5 Å². The van der Waals surface area contributed by atoms with Gasteiger partial charge in [0.05, 0.1) is 17.8 Å². The highest BCUT2D eigenvalue weighted by Crippen LogP contribution is 2.41. The number of rotatable bonds is 4. The maximum atomic E-state index is 13.6. The van der Waals surface area contributed by atoms with Gasteiger partial charge in [0.2, 0.25) is 5.91 Å². The Balaban J connectivity index is 1.36. The van der Waals surface area contributed by atoms with E-state index < -0.39 is 0 Å². The second-order valence-corrected chi connectivity index (χ2v) is 9.66. The summed E-state index contributed by atoms with van der Waals surface area (Å²) >= 11 is 0. The van der Waals surface area contributed by atoms with Gasteiger partial charge in [-0.3, -0.25) is 4.79 Å². The number of nitrogen functional groups attached to an aromatic ring is 2. The summed E-state index contributed by atoms with van der Waals surface area (Å²) in [6.07, 6.45) is 11.8. The van der Waals surface area contributed by atoms with Gasteiger partial charge in [-0.05, 0) is 48.6 Å². The Morgan fingerprint density at radius 1 is 1.19 bits per heavy atom. The van der Waals surface area contributed by atoms with Crippen LogP contribution in [0.5, 0.6) is 0 Å². The lowest BCUT2D eigenvalue weighted by Gasteiger charge is -2.37. The van der Waals surface area contributed by atoms with Gasteiger partial charge in [0, 0.05) is 17.3 Å². The molecular formula is C26H24N8O2. The number of allylic oxidation sites excluding steroid dienone is 5. The topological polar surface area (TPSA) is 142 Å². The highest BCUT2D eigenvalue weighted by atomic mass is 16.4. The molecule has 2 atom stereocenters. The molecule has 0 spiro atoms. The zero-order valence-electron chi connectivity index (χ0n) is 19.6. The Hall–Kier alpha value is -4.47. The Morgan fingerprint density at radius 2 is 2.06 bits per heavy atom. The Labute approximate surface area is 206 Å². The van der Waals surface area contributed by atoms with Crippen LogP contribution in [0.1, 0.15) is 19.8 Å². The fourth-order valence-corrected chi connectivity index (χ4v) is 5.38. The van der Waals surface area contributed by atoms with E-state index in [1.54, 1.807) is 6.07 Å². The normalized spacial score (nSPS) is 21.7. The highest BCUT2D eigenvalue weighted by Gasteiger charge is 2.43. The molecule has 3 aromatic heterocycles. The molecule has 10 nitrogen and oxygen atoms in total. The van der Waals surface area contributed by atoms with Crippen LogP contribution in [-0.4, -0.2) is 41.6 Å². The summed E-state index contributed by atoms with van der Waals surface area (Å²) in [7, 11) is 0. The van der Waals surface area contributed by atoms with E-state index in [1.165, 1.54) is 6.33 Å². The third-order valence-electron chi connectivity index (χ3n) is 7.19. The molecule has 1 saturated carbocycles. The quantitative estimate of drug-likeness (QED) is 0.452. The van der Waals surface area contributed by atoms with Crippen LogP contribution in [-0.2, 0) is 11.3 Å². The molecule has 1 amide bonds. The maximum Gasteiger partial charge on any atom is 0.292 e. The van der Waals surface area contributed by atoms with Crippen LogP contribution in [0, 0.1) is 11.8 Å². The minimum Gasteiger partial charge on any atom is -0.424 e. The van der Waals surface area contributed by atoms with Crippen molar-refractivity contribution in [3.63, 3.8) is 0 Å². The molecule has 4 aromatic rings. The third kappa shape index (κ3) is 3.14. The molecule has 1 aromatic carbocycles. The number of nitrogens with zero attached hydrogens (tertiary/aromatic N) is 6.